The number of carbonyl (C=O) groups excluding carboxylic acids is 2. The monoisotopic (exact) mass is 642 g/mol. The van der Waals surface area contributed by atoms with Gasteiger partial charge in [0, 0.05) is 40.0 Å². The second-order valence-corrected chi connectivity index (χ2v) is 11.0. The molecule has 2 aromatic carbocycles. The Morgan fingerprint density at radius 2 is 1.98 bits per heavy atom. The predicted molar refractivity (Wildman–Crippen MR) is 162 cm³/mol. The number of thioether (sulfide) groups is 1. The number of aryl methyl sites for hydroxylation is 1. The minimum atomic E-state index is -1.37. The fraction of sp³-hybridized carbons (Fsp3) is 0.276. The molecule has 0 saturated heterocycles. The van der Waals surface area contributed by atoms with Crippen molar-refractivity contribution in [1.29, 1.82) is 0 Å². The maximum atomic E-state index is 14.1. The number of ketones is 1. The molecule has 2 atom stereocenters. The fourth-order valence-electron chi connectivity index (χ4n) is 4.26. The zero-order valence-electron chi connectivity index (χ0n) is 23.6. The van der Waals surface area contributed by atoms with Gasteiger partial charge in [-0.15, -0.1) is 11.8 Å². The van der Waals surface area contributed by atoms with E-state index in [1.807, 2.05) is 0 Å². The van der Waals surface area contributed by atoms with Crippen LogP contribution in [0, 0.1) is 12.7 Å². The SMILES string of the molecule is CCC(C(=O)N[C@@H](CC(=O)O)C(=O)CSCc1c(F)cccc1Cl)n1ccnc(Nc2cccc(-c3nc(C)no3)c2)c1=O. The van der Waals surface area contributed by atoms with Crippen molar-refractivity contribution in [3.8, 4) is 11.5 Å². The molecule has 0 saturated carbocycles. The van der Waals surface area contributed by atoms with Crippen molar-refractivity contribution >= 4 is 52.5 Å². The lowest BCUT2D eigenvalue weighted by atomic mass is 10.1. The molecule has 0 aliphatic carbocycles. The van der Waals surface area contributed by atoms with Crippen LogP contribution < -0.4 is 16.2 Å². The Morgan fingerprint density at radius 1 is 1.20 bits per heavy atom. The number of carboxylic acid groups (broad SMARTS) is 1. The molecular formula is C29H28ClFN6O6S. The molecule has 1 amide bonds. The molecule has 0 radical (unpaired) electrons. The summed E-state index contributed by atoms with van der Waals surface area (Å²) in [5.41, 5.74) is 0.711. The van der Waals surface area contributed by atoms with Crippen LogP contribution in [0.3, 0.4) is 0 Å². The second-order valence-electron chi connectivity index (χ2n) is 9.58. The molecule has 44 heavy (non-hydrogen) atoms. The summed E-state index contributed by atoms with van der Waals surface area (Å²) in [5.74, 6) is -2.56. The highest BCUT2D eigenvalue weighted by Crippen LogP contribution is 2.25. The van der Waals surface area contributed by atoms with E-state index in [1.165, 1.54) is 30.6 Å². The fourth-order valence-corrected chi connectivity index (χ4v) is 5.57. The number of rotatable bonds is 14. The zero-order valence-corrected chi connectivity index (χ0v) is 25.2. The molecule has 0 spiro atoms. The van der Waals surface area contributed by atoms with Crippen molar-refractivity contribution in [2.45, 2.75) is 44.5 Å². The van der Waals surface area contributed by atoms with Crippen LogP contribution >= 0.6 is 23.4 Å². The highest BCUT2D eigenvalue weighted by Gasteiger charge is 2.28. The van der Waals surface area contributed by atoms with Crippen molar-refractivity contribution in [1.82, 2.24) is 25.0 Å². The largest absolute Gasteiger partial charge is 0.481 e. The normalized spacial score (nSPS) is 12.4. The summed E-state index contributed by atoms with van der Waals surface area (Å²) < 4.78 is 20.4. The van der Waals surface area contributed by atoms with Crippen molar-refractivity contribution in [2.24, 2.45) is 0 Å². The maximum Gasteiger partial charge on any atom is 0.305 e. The number of amides is 1. The molecule has 230 valence electrons. The van der Waals surface area contributed by atoms with Crippen molar-refractivity contribution in [3.63, 3.8) is 0 Å². The van der Waals surface area contributed by atoms with Gasteiger partial charge in [-0.25, -0.2) is 9.37 Å². The number of hydrogen-bond donors (Lipinski definition) is 3. The first-order valence-corrected chi connectivity index (χ1v) is 14.9. The summed E-state index contributed by atoms with van der Waals surface area (Å²) >= 11 is 7.08. The lowest BCUT2D eigenvalue weighted by Gasteiger charge is -2.22. The first-order valence-electron chi connectivity index (χ1n) is 13.4. The van der Waals surface area contributed by atoms with Gasteiger partial charge in [-0.05, 0) is 43.7 Å². The molecule has 15 heteroatoms. The third-order valence-corrected chi connectivity index (χ3v) is 7.76. The molecule has 0 fully saturated rings. The van der Waals surface area contributed by atoms with Crippen molar-refractivity contribution in [2.75, 3.05) is 11.1 Å². The number of anilines is 2. The van der Waals surface area contributed by atoms with Gasteiger partial charge in [0.2, 0.25) is 5.91 Å². The number of nitrogens with one attached hydrogen (secondary N) is 2. The standard InChI is InChI=1S/C29H28ClFN6O6S/c1-3-23(27(41)35-22(13-25(39)40)24(38)15-44-14-19-20(30)8-5-9-21(19)31)37-11-10-32-26(29(37)42)34-18-7-4-6-17(12-18)28-33-16(2)36-43-28/h4-12,22-23H,3,13-15H2,1-2H3,(H,32,34)(H,35,41)(H,39,40)/t22-,23?/m0/s1. The van der Waals surface area contributed by atoms with Crippen LogP contribution in [-0.4, -0.2) is 54.3 Å². The van der Waals surface area contributed by atoms with Gasteiger partial charge in [-0.1, -0.05) is 35.8 Å². The highest BCUT2D eigenvalue weighted by atomic mass is 35.5. The Balaban J connectivity index is 1.47. The molecule has 3 N–H and O–H groups in total. The Bertz CT molecular complexity index is 1710. The Morgan fingerprint density at radius 3 is 2.66 bits per heavy atom. The van der Waals surface area contributed by atoms with E-state index in [-0.39, 0.29) is 34.3 Å². The summed E-state index contributed by atoms with van der Waals surface area (Å²) in [6, 6.07) is 8.66. The third kappa shape index (κ3) is 8.08. The number of benzene rings is 2. The average Bonchev–Trinajstić information content (AvgIpc) is 3.42. The van der Waals surface area contributed by atoms with Crippen LogP contribution in [-0.2, 0) is 20.1 Å². The molecule has 0 bridgehead atoms. The Kier molecular flexibility index (Phi) is 10.8. The number of hydrogen-bond acceptors (Lipinski definition) is 10. The van der Waals surface area contributed by atoms with Gasteiger partial charge < -0.3 is 20.3 Å². The van der Waals surface area contributed by atoms with Crippen LogP contribution in [0.15, 0.2) is 64.2 Å². The van der Waals surface area contributed by atoms with Crippen LogP contribution in [0.25, 0.3) is 11.5 Å². The van der Waals surface area contributed by atoms with Gasteiger partial charge in [-0.2, -0.15) is 4.98 Å². The van der Waals surface area contributed by atoms with Gasteiger partial charge in [-0.3, -0.25) is 23.7 Å². The van der Waals surface area contributed by atoms with Gasteiger partial charge in [0.25, 0.3) is 11.4 Å². The number of halogens is 2. The van der Waals surface area contributed by atoms with E-state index in [4.69, 9.17) is 16.1 Å². The van der Waals surface area contributed by atoms with E-state index < -0.39 is 47.5 Å². The van der Waals surface area contributed by atoms with E-state index in [9.17, 15) is 28.7 Å². The first kappa shape index (κ1) is 32.4. The number of carboxylic acids is 1. The van der Waals surface area contributed by atoms with Crippen molar-refractivity contribution < 1.29 is 28.4 Å². The topological polar surface area (TPSA) is 169 Å². The molecule has 4 rings (SSSR count). The number of nitrogens with zero attached hydrogens (tertiary/aromatic N) is 4. The lowest BCUT2D eigenvalue weighted by molar-refractivity contribution is -0.140. The van der Waals surface area contributed by atoms with Crippen LogP contribution in [0.2, 0.25) is 5.02 Å². The molecule has 2 heterocycles. The summed E-state index contributed by atoms with van der Waals surface area (Å²) in [6.07, 6.45) is 2.15. The minimum absolute atomic E-state index is 0.0704. The second kappa shape index (κ2) is 14.8. The predicted octanol–water partition coefficient (Wildman–Crippen LogP) is 4.55. The molecule has 12 nitrogen and oxygen atoms in total. The summed E-state index contributed by atoms with van der Waals surface area (Å²) in [7, 11) is 0. The van der Waals surface area contributed by atoms with Gasteiger partial charge >= 0.3 is 5.97 Å². The maximum absolute atomic E-state index is 14.1. The zero-order chi connectivity index (χ0) is 31.8. The number of carbonyl (C=O) groups is 3. The van der Waals surface area contributed by atoms with E-state index in [1.54, 1.807) is 38.1 Å². The van der Waals surface area contributed by atoms with Gasteiger partial charge in [0.05, 0.1) is 18.2 Å². The minimum Gasteiger partial charge on any atom is -0.481 e. The van der Waals surface area contributed by atoms with Crippen molar-refractivity contribution in [3.05, 3.63) is 87.4 Å². The smallest absolute Gasteiger partial charge is 0.305 e. The quantitative estimate of drug-likeness (QED) is 0.176. The first-order chi connectivity index (χ1) is 21.1. The van der Waals surface area contributed by atoms with Gasteiger partial charge in [0.1, 0.15) is 11.9 Å². The Hall–Kier alpha value is -4.56. The number of aromatic nitrogens is 4. The van der Waals surface area contributed by atoms with Gasteiger partial charge in [0.15, 0.2) is 17.4 Å². The summed E-state index contributed by atoms with van der Waals surface area (Å²) in [6.45, 7) is 3.36. The number of Topliss-reactive ketones (excluding diaryl/α,β-unsaturated/α-hetero) is 1. The Labute approximate surface area is 260 Å². The molecule has 4 aromatic rings. The molecule has 2 aromatic heterocycles. The molecule has 1 unspecified atom stereocenters. The average molecular weight is 643 g/mol. The third-order valence-electron chi connectivity index (χ3n) is 6.43. The molecular weight excluding hydrogens is 615 g/mol. The van der Waals surface area contributed by atoms with Crippen LogP contribution in [0.5, 0.6) is 0 Å². The molecule has 0 aliphatic heterocycles. The van der Waals surface area contributed by atoms with E-state index in [0.29, 0.717) is 23.0 Å². The summed E-state index contributed by atoms with van der Waals surface area (Å²) in [4.78, 5) is 59.5. The van der Waals surface area contributed by atoms with Crippen LogP contribution in [0.4, 0.5) is 15.9 Å². The van der Waals surface area contributed by atoms with E-state index >= 15 is 0 Å². The number of aliphatic carboxylic acids is 1. The lowest BCUT2D eigenvalue weighted by Crippen LogP contribution is -2.47. The highest BCUT2D eigenvalue weighted by molar-refractivity contribution is 7.99. The summed E-state index contributed by atoms with van der Waals surface area (Å²) in [5, 5.41) is 18.8. The van der Waals surface area contributed by atoms with E-state index in [0.717, 1.165) is 16.3 Å². The van der Waals surface area contributed by atoms with E-state index in [2.05, 4.69) is 25.8 Å². The van der Waals surface area contributed by atoms with Crippen LogP contribution in [0.1, 0.15) is 37.2 Å². The molecule has 0 aliphatic rings.